The molecule has 2 rings (SSSR count). The topological polar surface area (TPSA) is 63.8 Å². The Labute approximate surface area is 117 Å². The van der Waals surface area contributed by atoms with E-state index >= 15 is 0 Å². The van der Waals surface area contributed by atoms with E-state index in [4.69, 9.17) is 17.3 Å². The van der Waals surface area contributed by atoms with Crippen LogP contribution >= 0.6 is 27.5 Å². The summed E-state index contributed by atoms with van der Waals surface area (Å²) in [5, 5.41) is 3.15. The smallest absolute Gasteiger partial charge is 0.146 e. The standard InChI is InChI=1S/C11H9BrClFN4/c12-9-10(15)17-5-18-11(9)16-4-6-1-2-8(14)7(13)3-6/h1-3,5H,4H2,(H3,15,16,17,18). The van der Waals surface area contributed by atoms with E-state index in [2.05, 4.69) is 31.2 Å². The van der Waals surface area contributed by atoms with Crippen molar-refractivity contribution in [3.05, 3.63) is 45.4 Å². The van der Waals surface area contributed by atoms with Gasteiger partial charge in [0.15, 0.2) is 0 Å². The third-order valence-corrected chi connectivity index (χ3v) is 3.33. The average molecular weight is 332 g/mol. The molecule has 4 nitrogen and oxygen atoms in total. The fourth-order valence-electron chi connectivity index (χ4n) is 1.34. The van der Waals surface area contributed by atoms with Gasteiger partial charge in [0.1, 0.15) is 28.3 Å². The van der Waals surface area contributed by atoms with E-state index in [1.165, 1.54) is 12.4 Å². The van der Waals surface area contributed by atoms with Crippen LogP contribution in [0.3, 0.4) is 0 Å². The van der Waals surface area contributed by atoms with E-state index < -0.39 is 5.82 Å². The molecule has 0 aliphatic carbocycles. The molecule has 0 saturated heterocycles. The van der Waals surface area contributed by atoms with Crippen molar-refractivity contribution in [2.75, 3.05) is 11.1 Å². The summed E-state index contributed by atoms with van der Waals surface area (Å²) in [6.45, 7) is 0.453. The van der Waals surface area contributed by atoms with Crippen LogP contribution in [0.4, 0.5) is 16.0 Å². The number of hydrogen-bond acceptors (Lipinski definition) is 4. The predicted octanol–water partition coefficient (Wildman–Crippen LogP) is 3.23. The molecule has 1 heterocycles. The molecule has 0 bridgehead atoms. The number of rotatable bonds is 3. The second kappa shape index (κ2) is 5.49. The average Bonchev–Trinajstić information content (AvgIpc) is 2.35. The van der Waals surface area contributed by atoms with E-state index in [-0.39, 0.29) is 5.02 Å². The minimum atomic E-state index is -0.437. The Bertz CT molecular complexity index is 579. The number of aromatic nitrogens is 2. The van der Waals surface area contributed by atoms with Crippen molar-refractivity contribution < 1.29 is 4.39 Å². The zero-order valence-electron chi connectivity index (χ0n) is 9.12. The number of nitrogens with zero attached hydrogens (tertiary/aromatic N) is 2. The zero-order chi connectivity index (χ0) is 13.1. The molecule has 2 aromatic rings. The Morgan fingerprint density at radius 3 is 2.89 bits per heavy atom. The first-order valence-electron chi connectivity index (χ1n) is 5.01. The van der Waals surface area contributed by atoms with E-state index in [1.54, 1.807) is 12.1 Å². The molecule has 0 atom stereocenters. The minimum Gasteiger partial charge on any atom is -0.383 e. The summed E-state index contributed by atoms with van der Waals surface area (Å²) in [5.41, 5.74) is 6.46. The monoisotopic (exact) mass is 330 g/mol. The molecule has 0 fully saturated rings. The number of anilines is 2. The summed E-state index contributed by atoms with van der Waals surface area (Å²) in [5.74, 6) is 0.487. The summed E-state index contributed by atoms with van der Waals surface area (Å²) in [6, 6.07) is 4.53. The van der Waals surface area contributed by atoms with Crippen LogP contribution in [0, 0.1) is 5.82 Å². The zero-order valence-corrected chi connectivity index (χ0v) is 11.5. The van der Waals surface area contributed by atoms with E-state index in [1.807, 2.05) is 0 Å². The number of nitrogen functional groups attached to an aromatic ring is 1. The summed E-state index contributed by atoms with van der Waals surface area (Å²) >= 11 is 8.98. The van der Waals surface area contributed by atoms with Gasteiger partial charge in [0.05, 0.1) is 5.02 Å². The molecule has 0 radical (unpaired) electrons. The second-order valence-electron chi connectivity index (χ2n) is 3.52. The number of nitrogens with two attached hydrogens (primary N) is 1. The summed E-state index contributed by atoms with van der Waals surface area (Å²) < 4.78 is 13.6. The first kappa shape index (κ1) is 13.0. The van der Waals surface area contributed by atoms with Crippen LogP contribution in [0.25, 0.3) is 0 Å². The Kier molecular flexibility index (Phi) is 3.98. The summed E-state index contributed by atoms with van der Waals surface area (Å²) in [6.07, 6.45) is 1.36. The Morgan fingerprint density at radius 2 is 2.17 bits per heavy atom. The molecule has 0 aliphatic heterocycles. The van der Waals surface area contributed by atoms with Crippen molar-refractivity contribution in [3.8, 4) is 0 Å². The molecular formula is C11H9BrClFN4. The van der Waals surface area contributed by atoms with Gasteiger partial charge in [-0.15, -0.1) is 0 Å². The first-order valence-corrected chi connectivity index (χ1v) is 6.19. The van der Waals surface area contributed by atoms with E-state index in [0.29, 0.717) is 22.7 Å². The minimum absolute atomic E-state index is 0.0931. The van der Waals surface area contributed by atoms with Gasteiger partial charge in [-0.05, 0) is 33.6 Å². The molecule has 1 aromatic heterocycles. The number of nitrogens with one attached hydrogen (secondary N) is 1. The lowest BCUT2D eigenvalue weighted by molar-refractivity contribution is 0.627. The first-order chi connectivity index (χ1) is 8.58. The van der Waals surface area contributed by atoms with Gasteiger partial charge in [0.25, 0.3) is 0 Å². The number of hydrogen-bond donors (Lipinski definition) is 2. The summed E-state index contributed by atoms with van der Waals surface area (Å²) in [7, 11) is 0. The fourth-order valence-corrected chi connectivity index (χ4v) is 1.89. The molecule has 18 heavy (non-hydrogen) atoms. The molecule has 0 saturated carbocycles. The highest BCUT2D eigenvalue weighted by atomic mass is 79.9. The van der Waals surface area contributed by atoms with Gasteiger partial charge in [-0.1, -0.05) is 17.7 Å². The van der Waals surface area contributed by atoms with Crippen molar-refractivity contribution in [2.24, 2.45) is 0 Å². The van der Waals surface area contributed by atoms with Crippen molar-refractivity contribution >= 4 is 39.2 Å². The number of benzene rings is 1. The van der Waals surface area contributed by atoms with Gasteiger partial charge in [0, 0.05) is 6.54 Å². The second-order valence-corrected chi connectivity index (χ2v) is 4.72. The highest BCUT2D eigenvalue weighted by Crippen LogP contribution is 2.24. The maximum Gasteiger partial charge on any atom is 0.146 e. The van der Waals surface area contributed by atoms with Gasteiger partial charge in [-0.2, -0.15) is 0 Å². The van der Waals surface area contributed by atoms with Crippen LogP contribution in [0.15, 0.2) is 29.0 Å². The van der Waals surface area contributed by atoms with Crippen molar-refractivity contribution in [1.82, 2.24) is 9.97 Å². The molecule has 1 aromatic carbocycles. The van der Waals surface area contributed by atoms with Gasteiger partial charge < -0.3 is 11.1 Å². The molecule has 3 N–H and O–H groups in total. The van der Waals surface area contributed by atoms with Crippen LogP contribution in [0.2, 0.25) is 5.02 Å². The molecule has 94 valence electrons. The maximum absolute atomic E-state index is 13.0. The van der Waals surface area contributed by atoms with Gasteiger partial charge in [0.2, 0.25) is 0 Å². The predicted molar refractivity (Wildman–Crippen MR) is 72.9 cm³/mol. The third-order valence-electron chi connectivity index (χ3n) is 2.26. The SMILES string of the molecule is Nc1ncnc(NCc2ccc(F)c(Cl)c2)c1Br. The van der Waals surface area contributed by atoms with Crippen molar-refractivity contribution in [2.45, 2.75) is 6.54 Å². The van der Waals surface area contributed by atoms with Gasteiger partial charge in [-0.3, -0.25) is 0 Å². The highest BCUT2D eigenvalue weighted by molar-refractivity contribution is 9.10. The fraction of sp³-hybridized carbons (Fsp3) is 0.0909. The lowest BCUT2D eigenvalue weighted by Gasteiger charge is -2.08. The quantitative estimate of drug-likeness (QED) is 0.906. The van der Waals surface area contributed by atoms with Crippen LogP contribution in [0.1, 0.15) is 5.56 Å². The van der Waals surface area contributed by atoms with Crippen LogP contribution in [0.5, 0.6) is 0 Å². The molecular weight excluding hydrogens is 323 g/mol. The molecule has 0 aliphatic rings. The van der Waals surface area contributed by atoms with E-state index in [9.17, 15) is 4.39 Å². The lowest BCUT2D eigenvalue weighted by atomic mass is 10.2. The summed E-state index contributed by atoms with van der Waals surface area (Å²) in [4.78, 5) is 7.87. The molecule has 0 spiro atoms. The Morgan fingerprint density at radius 1 is 1.39 bits per heavy atom. The van der Waals surface area contributed by atoms with Gasteiger partial charge in [-0.25, -0.2) is 14.4 Å². The lowest BCUT2D eigenvalue weighted by Crippen LogP contribution is -2.04. The highest BCUT2D eigenvalue weighted by Gasteiger charge is 2.06. The normalized spacial score (nSPS) is 10.4. The molecule has 0 unspecified atom stereocenters. The van der Waals surface area contributed by atoms with Crippen LogP contribution in [-0.4, -0.2) is 9.97 Å². The van der Waals surface area contributed by atoms with Crippen LogP contribution < -0.4 is 11.1 Å². The Balaban J connectivity index is 2.11. The van der Waals surface area contributed by atoms with E-state index in [0.717, 1.165) is 5.56 Å². The van der Waals surface area contributed by atoms with Crippen molar-refractivity contribution in [3.63, 3.8) is 0 Å². The van der Waals surface area contributed by atoms with Crippen molar-refractivity contribution in [1.29, 1.82) is 0 Å². The Hall–Kier alpha value is -1.40. The maximum atomic E-state index is 13.0. The largest absolute Gasteiger partial charge is 0.383 e. The third kappa shape index (κ3) is 2.88. The molecule has 7 heteroatoms. The van der Waals surface area contributed by atoms with Crippen LogP contribution in [-0.2, 0) is 6.54 Å². The molecule has 0 amide bonds. The van der Waals surface area contributed by atoms with Gasteiger partial charge >= 0.3 is 0 Å². The number of halogens is 3.